The normalized spacial score (nSPS) is 10.5. The Morgan fingerprint density at radius 2 is 2.24 bits per heavy atom. The van der Waals surface area contributed by atoms with Crippen LogP contribution in [0.15, 0.2) is 39.6 Å². The van der Waals surface area contributed by atoms with Gasteiger partial charge in [-0.3, -0.25) is 9.78 Å². The predicted octanol–water partition coefficient (Wildman–Crippen LogP) is 1.36. The number of amides is 1. The van der Waals surface area contributed by atoms with Gasteiger partial charge in [-0.05, 0) is 19.1 Å². The molecular formula is C13H11N5O3. The molecule has 8 heteroatoms. The first-order valence-electron chi connectivity index (χ1n) is 6.17. The van der Waals surface area contributed by atoms with E-state index in [-0.39, 0.29) is 18.3 Å². The fourth-order valence-corrected chi connectivity index (χ4v) is 1.67. The number of pyridine rings is 1. The van der Waals surface area contributed by atoms with Gasteiger partial charge in [0.1, 0.15) is 11.5 Å². The summed E-state index contributed by atoms with van der Waals surface area (Å²) in [5.74, 6) is 0.423. The van der Waals surface area contributed by atoms with Crippen LogP contribution in [-0.4, -0.2) is 26.2 Å². The van der Waals surface area contributed by atoms with Crippen LogP contribution in [0, 0.1) is 6.92 Å². The standard InChI is InChI=1S/C13H11N5O3/c1-8-5-10(17-20-8)7-15-12(19)11-16-13(21-18-11)9-3-2-4-14-6-9/h2-6H,7H2,1H3,(H,15,19). The number of hydrogen-bond donors (Lipinski definition) is 1. The Labute approximate surface area is 119 Å². The van der Waals surface area contributed by atoms with E-state index >= 15 is 0 Å². The molecule has 3 heterocycles. The third-order valence-electron chi connectivity index (χ3n) is 2.64. The lowest BCUT2D eigenvalue weighted by atomic mass is 10.3. The summed E-state index contributed by atoms with van der Waals surface area (Å²) in [5.41, 5.74) is 1.27. The topological polar surface area (TPSA) is 107 Å². The fourth-order valence-electron chi connectivity index (χ4n) is 1.67. The molecule has 0 unspecified atom stereocenters. The summed E-state index contributed by atoms with van der Waals surface area (Å²) >= 11 is 0. The van der Waals surface area contributed by atoms with Crippen molar-refractivity contribution in [2.75, 3.05) is 0 Å². The second kappa shape index (κ2) is 5.53. The van der Waals surface area contributed by atoms with Crippen LogP contribution in [0.3, 0.4) is 0 Å². The summed E-state index contributed by atoms with van der Waals surface area (Å²) in [4.78, 5) is 19.9. The molecule has 3 rings (SSSR count). The summed E-state index contributed by atoms with van der Waals surface area (Å²) in [7, 11) is 0. The van der Waals surface area contributed by atoms with Crippen molar-refractivity contribution in [2.24, 2.45) is 0 Å². The third-order valence-corrected chi connectivity index (χ3v) is 2.64. The summed E-state index contributed by atoms with van der Waals surface area (Å²) in [6, 6.07) is 5.24. The van der Waals surface area contributed by atoms with Crippen molar-refractivity contribution in [1.29, 1.82) is 0 Å². The molecule has 21 heavy (non-hydrogen) atoms. The lowest BCUT2D eigenvalue weighted by molar-refractivity contribution is 0.0936. The molecule has 0 saturated heterocycles. The van der Waals surface area contributed by atoms with Crippen molar-refractivity contribution in [1.82, 2.24) is 25.6 Å². The van der Waals surface area contributed by atoms with E-state index in [0.717, 1.165) is 0 Å². The number of rotatable bonds is 4. The highest BCUT2D eigenvalue weighted by atomic mass is 16.5. The zero-order valence-electron chi connectivity index (χ0n) is 11.1. The molecule has 0 aliphatic rings. The van der Waals surface area contributed by atoms with Gasteiger partial charge in [-0.2, -0.15) is 4.98 Å². The number of nitrogens with one attached hydrogen (secondary N) is 1. The molecular weight excluding hydrogens is 274 g/mol. The Morgan fingerprint density at radius 3 is 2.95 bits per heavy atom. The molecule has 0 aliphatic heterocycles. The molecule has 0 spiro atoms. The molecule has 0 bridgehead atoms. The minimum absolute atomic E-state index is 0.0472. The van der Waals surface area contributed by atoms with E-state index in [0.29, 0.717) is 17.0 Å². The fraction of sp³-hybridized carbons (Fsp3) is 0.154. The van der Waals surface area contributed by atoms with E-state index in [2.05, 4.69) is 25.6 Å². The van der Waals surface area contributed by atoms with Crippen LogP contribution in [0.4, 0.5) is 0 Å². The largest absolute Gasteiger partial charge is 0.361 e. The van der Waals surface area contributed by atoms with Crippen LogP contribution in [0.5, 0.6) is 0 Å². The van der Waals surface area contributed by atoms with Gasteiger partial charge in [-0.1, -0.05) is 10.3 Å². The molecule has 1 amide bonds. The highest BCUT2D eigenvalue weighted by Gasteiger charge is 2.16. The Morgan fingerprint density at radius 1 is 1.33 bits per heavy atom. The van der Waals surface area contributed by atoms with Gasteiger partial charge in [0, 0.05) is 18.5 Å². The lowest BCUT2D eigenvalue weighted by Crippen LogP contribution is -2.24. The molecule has 0 aliphatic carbocycles. The molecule has 0 atom stereocenters. The molecule has 8 nitrogen and oxygen atoms in total. The first kappa shape index (κ1) is 13.0. The van der Waals surface area contributed by atoms with Gasteiger partial charge < -0.3 is 14.4 Å². The molecule has 1 N–H and O–H groups in total. The molecule has 0 aromatic carbocycles. The van der Waals surface area contributed by atoms with Gasteiger partial charge in [0.25, 0.3) is 17.6 Å². The number of carbonyl (C=O) groups is 1. The highest BCUT2D eigenvalue weighted by Crippen LogP contribution is 2.14. The second-order valence-electron chi connectivity index (χ2n) is 4.28. The van der Waals surface area contributed by atoms with Gasteiger partial charge in [0.15, 0.2) is 0 Å². The van der Waals surface area contributed by atoms with Crippen LogP contribution in [0.1, 0.15) is 22.1 Å². The van der Waals surface area contributed by atoms with E-state index in [9.17, 15) is 4.79 Å². The average Bonchev–Trinajstić information content (AvgIpc) is 3.15. The number of carbonyl (C=O) groups excluding carboxylic acids is 1. The predicted molar refractivity (Wildman–Crippen MR) is 69.9 cm³/mol. The molecule has 0 saturated carbocycles. The van der Waals surface area contributed by atoms with E-state index in [1.54, 1.807) is 37.5 Å². The molecule has 3 aromatic rings. The van der Waals surface area contributed by atoms with Crippen molar-refractivity contribution in [2.45, 2.75) is 13.5 Å². The zero-order chi connectivity index (χ0) is 14.7. The van der Waals surface area contributed by atoms with Gasteiger partial charge in [0.2, 0.25) is 0 Å². The summed E-state index contributed by atoms with van der Waals surface area (Å²) in [6.07, 6.45) is 3.21. The van der Waals surface area contributed by atoms with Gasteiger partial charge in [0.05, 0.1) is 12.1 Å². The quantitative estimate of drug-likeness (QED) is 0.771. The summed E-state index contributed by atoms with van der Waals surface area (Å²) < 4.78 is 9.94. The van der Waals surface area contributed by atoms with Gasteiger partial charge in [-0.15, -0.1) is 0 Å². The van der Waals surface area contributed by atoms with Crippen molar-refractivity contribution in [3.05, 3.63) is 47.9 Å². The highest BCUT2D eigenvalue weighted by molar-refractivity contribution is 5.90. The van der Waals surface area contributed by atoms with Crippen LogP contribution in [0.2, 0.25) is 0 Å². The van der Waals surface area contributed by atoms with Crippen LogP contribution < -0.4 is 5.32 Å². The van der Waals surface area contributed by atoms with E-state index in [4.69, 9.17) is 9.05 Å². The lowest BCUT2D eigenvalue weighted by Gasteiger charge is -1.97. The first-order chi connectivity index (χ1) is 10.2. The molecule has 3 aromatic heterocycles. The first-order valence-corrected chi connectivity index (χ1v) is 6.17. The van der Waals surface area contributed by atoms with E-state index < -0.39 is 5.91 Å². The van der Waals surface area contributed by atoms with E-state index in [1.165, 1.54) is 0 Å². The average molecular weight is 285 g/mol. The van der Waals surface area contributed by atoms with Crippen LogP contribution in [-0.2, 0) is 6.54 Å². The number of aromatic nitrogens is 4. The minimum Gasteiger partial charge on any atom is -0.361 e. The maximum atomic E-state index is 11.9. The summed E-state index contributed by atoms with van der Waals surface area (Å²) in [5, 5.41) is 10.0. The monoisotopic (exact) mass is 285 g/mol. The third kappa shape index (κ3) is 2.94. The van der Waals surface area contributed by atoms with Crippen molar-refractivity contribution in [3.8, 4) is 11.5 Å². The maximum absolute atomic E-state index is 11.9. The number of aryl methyl sites for hydroxylation is 1. The number of nitrogens with zero attached hydrogens (tertiary/aromatic N) is 4. The SMILES string of the molecule is Cc1cc(CNC(=O)c2noc(-c3cccnc3)n2)no1. The van der Waals surface area contributed by atoms with Crippen molar-refractivity contribution in [3.63, 3.8) is 0 Å². The Balaban J connectivity index is 1.67. The molecule has 106 valence electrons. The van der Waals surface area contributed by atoms with E-state index in [1.807, 2.05) is 0 Å². The number of hydrogen-bond acceptors (Lipinski definition) is 7. The smallest absolute Gasteiger partial charge is 0.293 e. The second-order valence-corrected chi connectivity index (χ2v) is 4.28. The molecule has 0 radical (unpaired) electrons. The van der Waals surface area contributed by atoms with Crippen LogP contribution in [0.25, 0.3) is 11.5 Å². The van der Waals surface area contributed by atoms with Gasteiger partial charge >= 0.3 is 0 Å². The molecule has 0 fully saturated rings. The van der Waals surface area contributed by atoms with Crippen molar-refractivity contribution < 1.29 is 13.8 Å². The Hall–Kier alpha value is -3.03. The zero-order valence-corrected chi connectivity index (χ0v) is 11.1. The van der Waals surface area contributed by atoms with Crippen molar-refractivity contribution >= 4 is 5.91 Å². The van der Waals surface area contributed by atoms with Gasteiger partial charge in [-0.25, -0.2) is 0 Å². The van der Waals surface area contributed by atoms with Crippen LogP contribution >= 0.6 is 0 Å². The maximum Gasteiger partial charge on any atom is 0.293 e. The Bertz CT molecular complexity index is 750. The minimum atomic E-state index is -0.449. The Kier molecular flexibility index (Phi) is 3.42. The summed E-state index contributed by atoms with van der Waals surface area (Å²) in [6.45, 7) is 2.00.